The smallest absolute Gasteiger partial charge is 0.255 e. The Morgan fingerprint density at radius 2 is 1.81 bits per heavy atom. The summed E-state index contributed by atoms with van der Waals surface area (Å²) < 4.78 is 5.36. The minimum absolute atomic E-state index is 0.156. The highest BCUT2D eigenvalue weighted by Gasteiger charge is 2.08. The molecule has 2 aromatic carbocycles. The van der Waals surface area contributed by atoms with Gasteiger partial charge in [-0.05, 0) is 55.8 Å². The van der Waals surface area contributed by atoms with Crippen LogP contribution in [-0.2, 0) is 0 Å². The summed E-state index contributed by atoms with van der Waals surface area (Å²) in [5.41, 5.74) is 4.27. The van der Waals surface area contributed by atoms with Gasteiger partial charge in [-0.3, -0.25) is 4.79 Å². The number of nitrogens with zero attached hydrogens (tertiary/aromatic N) is 1. The largest absolute Gasteiger partial charge is 0.495 e. The zero-order valence-electron chi connectivity index (χ0n) is 15.0. The molecule has 5 heteroatoms. The molecule has 0 aliphatic heterocycles. The number of hydrogen-bond donors (Lipinski definition) is 2. The Bertz CT molecular complexity index is 921. The highest BCUT2D eigenvalue weighted by Crippen LogP contribution is 2.28. The molecule has 0 unspecified atom stereocenters. The molecule has 26 heavy (non-hydrogen) atoms. The first kappa shape index (κ1) is 17.5. The second-order valence-electron chi connectivity index (χ2n) is 6.08. The van der Waals surface area contributed by atoms with Crippen molar-refractivity contribution in [2.75, 3.05) is 17.7 Å². The van der Waals surface area contributed by atoms with E-state index in [1.165, 1.54) is 0 Å². The summed E-state index contributed by atoms with van der Waals surface area (Å²) in [4.78, 5) is 16.7. The van der Waals surface area contributed by atoms with Crippen molar-refractivity contribution in [1.29, 1.82) is 0 Å². The van der Waals surface area contributed by atoms with Gasteiger partial charge in [0.2, 0.25) is 0 Å². The molecule has 1 aromatic heterocycles. The maximum absolute atomic E-state index is 12.3. The average molecular weight is 347 g/mol. The SMILES string of the molecule is COc1ccc(C)cc1Nc1ccc(NC(=O)c2cccc(C)c2)cn1. The number of nitrogens with one attached hydrogen (secondary N) is 2. The summed E-state index contributed by atoms with van der Waals surface area (Å²) in [6.45, 7) is 3.97. The van der Waals surface area contributed by atoms with Gasteiger partial charge in [-0.25, -0.2) is 4.98 Å². The molecule has 0 atom stereocenters. The fourth-order valence-electron chi connectivity index (χ4n) is 2.59. The Morgan fingerprint density at radius 1 is 1.00 bits per heavy atom. The van der Waals surface area contributed by atoms with Crippen LogP contribution in [0.2, 0.25) is 0 Å². The fraction of sp³-hybridized carbons (Fsp3) is 0.143. The summed E-state index contributed by atoms with van der Waals surface area (Å²) in [5, 5.41) is 6.09. The average Bonchev–Trinajstić information content (AvgIpc) is 2.63. The summed E-state index contributed by atoms with van der Waals surface area (Å²) in [6.07, 6.45) is 1.62. The van der Waals surface area contributed by atoms with Crippen molar-refractivity contribution >= 4 is 23.1 Å². The quantitative estimate of drug-likeness (QED) is 0.702. The van der Waals surface area contributed by atoms with Gasteiger partial charge in [0.05, 0.1) is 24.7 Å². The number of carbonyl (C=O) groups is 1. The highest BCUT2D eigenvalue weighted by molar-refractivity contribution is 6.04. The molecular weight excluding hydrogens is 326 g/mol. The normalized spacial score (nSPS) is 10.3. The molecule has 5 nitrogen and oxygen atoms in total. The van der Waals surface area contributed by atoms with E-state index in [4.69, 9.17) is 4.74 Å². The fourth-order valence-corrected chi connectivity index (χ4v) is 2.59. The molecule has 1 amide bonds. The third-order valence-electron chi connectivity index (χ3n) is 3.92. The van der Waals surface area contributed by atoms with Crippen molar-refractivity contribution in [3.63, 3.8) is 0 Å². The van der Waals surface area contributed by atoms with E-state index >= 15 is 0 Å². The number of aromatic nitrogens is 1. The van der Waals surface area contributed by atoms with Gasteiger partial charge in [-0.15, -0.1) is 0 Å². The Morgan fingerprint density at radius 3 is 2.50 bits per heavy atom. The zero-order chi connectivity index (χ0) is 18.5. The molecule has 1 heterocycles. The van der Waals surface area contributed by atoms with Gasteiger partial charge in [0.25, 0.3) is 5.91 Å². The van der Waals surface area contributed by atoms with E-state index in [0.29, 0.717) is 17.1 Å². The monoisotopic (exact) mass is 347 g/mol. The predicted octanol–water partition coefficient (Wildman–Crippen LogP) is 4.70. The van der Waals surface area contributed by atoms with Crippen LogP contribution in [0.25, 0.3) is 0 Å². The summed E-state index contributed by atoms with van der Waals surface area (Å²) >= 11 is 0. The molecule has 3 rings (SSSR count). The highest BCUT2D eigenvalue weighted by atomic mass is 16.5. The molecule has 3 aromatic rings. The van der Waals surface area contributed by atoms with Crippen LogP contribution in [0.3, 0.4) is 0 Å². The van der Waals surface area contributed by atoms with Crippen molar-refractivity contribution in [1.82, 2.24) is 4.98 Å². The van der Waals surface area contributed by atoms with Crippen LogP contribution in [-0.4, -0.2) is 18.0 Å². The minimum Gasteiger partial charge on any atom is -0.495 e. The lowest BCUT2D eigenvalue weighted by molar-refractivity contribution is 0.102. The number of carbonyl (C=O) groups excluding carboxylic acids is 1. The second-order valence-corrected chi connectivity index (χ2v) is 6.08. The van der Waals surface area contributed by atoms with Gasteiger partial charge in [0.15, 0.2) is 0 Å². The van der Waals surface area contributed by atoms with Crippen molar-refractivity contribution in [2.45, 2.75) is 13.8 Å². The molecular formula is C21H21N3O2. The van der Waals surface area contributed by atoms with Crippen LogP contribution in [0.1, 0.15) is 21.5 Å². The van der Waals surface area contributed by atoms with Gasteiger partial charge in [-0.1, -0.05) is 23.8 Å². The lowest BCUT2D eigenvalue weighted by Gasteiger charge is -2.12. The third kappa shape index (κ3) is 4.19. The number of anilines is 3. The van der Waals surface area contributed by atoms with Crippen LogP contribution >= 0.6 is 0 Å². The molecule has 0 aliphatic carbocycles. The molecule has 0 aliphatic rings. The van der Waals surface area contributed by atoms with E-state index in [0.717, 1.165) is 22.6 Å². The van der Waals surface area contributed by atoms with Crippen LogP contribution in [0.4, 0.5) is 17.2 Å². The second kappa shape index (κ2) is 7.70. The minimum atomic E-state index is -0.156. The Kier molecular flexibility index (Phi) is 5.17. The third-order valence-corrected chi connectivity index (χ3v) is 3.92. The predicted molar refractivity (Wildman–Crippen MR) is 104 cm³/mol. The van der Waals surface area contributed by atoms with Gasteiger partial charge in [0, 0.05) is 5.56 Å². The van der Waals surface area contributed by atoms with E-state index in [1.807, 2.05) is 62.4 Å². The number of amides is 1. The van der Waals surface area contributed by atoms with Crippen LogP contribution < -0.4 is 15.4 Å². The number of rotatable bonds is 5. The molecule has 0 radical (unpaired) electrons. The first-order chi connectivity index (χ1) is 12.5. The van der Waals surface area contributed by atoms with Gasteiger partial charge >= 0.3 is 0 Å². The maximum Gasteiger partial charge on any atom is 0.255 e. The first-order valence-corrected chi connectivity index (χ1v) is 8.31. The van der Waals surface area contributed by atoms with Crippen molar-refractivity contribution in [3.8, 4) is 5.75 Å². The number of benzene rings is 2. The maximum atomic E-state index is 12.3. The molecule has 0 spiro atoms. The van der Waals surface area contributed by atoms with E-state index in [2.05, 4.69) is 15.6 Å². The van der Waals surface area contributed by atoms with Crippen molar-refractivity contribution in [3.05, 3.63) is 77.5 Å². The van der Waals surface area contributed by atoms with Crippen LogP contribution in [0, 0.1) is 13.8 Å². The van der Waals surface area contributed by atoms with E-state index in [1.54, 1.807) is 19.4 Å². The standard InChI is InChI=1S/C21H21N3O2/c1-14-5-4-6-16(11-14)21(25)23-17-8-10-20(22-13-17)24-18-12-15(2)7-9-19(18)26-3/h4-13H,1-3H3,(H,22,24)(H,23,25). The van der Waals surface area contributed by atoms with Gasteiger partial charge < -0.3 is 15.4 Å². The lowest BCUT2D eigenvalue weighted by Crippen LogP contribution is -2.12. The molecule has 132 valence electrons. The summed E-state index contributed by atoms with van der Waals surface area (Å²) in [6, 6.07) is 17.0. The van der Waals surface area contributed by atoms with Gasteiger partial charge in [0.1, 0.15) is 11.6 Å². The topological polar surface area (TPSA) is 63.2 Å². The summed E-state index contributed by atoms with van der Waals surface area (Å²) in [7, 11) is 1.63. The zero-order valence-corrected chi connectivity index (χ0v) is 15.0. The number of hydrogen-bond acceptors (Lipinski definition) is 4. The molecule has 0 saturated carbocycles. The Balaban J connectivity index is 1.71. The molecule has 0 bridgehead atoms. The van der Waals surface area contributed by atoms with Crippen LogP contribution in [0.15, 0.2) is 60.8 Å². The Labute approximate surface area is 153 Å². The van der Waals surface area contributed by atoms with E-state index < -0.39 is 0 Å². The van der Waals surface area contributed by atoms with E-state index in [9.17, 15) is 4.79 Å². The molecule has 0 saturated heterocycles. The Hall–Kier alpha value is -3.34. The summed E-state index contributed by atoms with van der Waals surface area (Å²) in [5.74, 6) is 1.26. The molecule has 0 fully saturated rings. The number of ether oxygens (including phenoxy) is 1. The lowest BCUT2D eigenvalue weighted by atomic mass is 10.1. The molecule has 2 N–H and O–H groups in total. The number of pyridine rings is 1. The first-order valence-electron chi connectivity index (χ1n) is 8.31. The van der Waals surface area contributed by atoms with Crippen molar-refractivity contribution in [2.24, 2.45) is 0 Å². The van der Waals surface area contributed by atoms with E-state index in [-0.39, 0.29) is 5.91 Å². The van der Waals surface area contributed by atoms with Gasteiger partial charge in [-0.2, -0.15) is 0 Å². The number of aryl methyl sites for hydroxylation is 2. The van der Waals surface area contributed by atoms with Crippen molar-refractivity contribution < 1.29 is 9.53 Å². The number of methoxy groups -OCH3 is 1. The van der Waals surface area contributed by atoms with Crippen LogP contribution in [0.5, 0.6) is 5.75 Å².